The molecule has 194 valence electrons. The molecule has 9 nitrogen and oxygen atoms in total. The Hall–Kier alpha value is -3.83. The van der Waals surface area contributed by atoms with Gasteiger partial charge in [0.2, 0.25) is 0 Å². The second-order valence-electron chi connectivity index (χ2n) is 7.63. The number of amides is 1. The van der Waals surface area contributed by atoms with Gasteiger partial charge in [0.1, 0.15) is 0 Å². The number of methoxy groups -OCH3 is 2. The first-order valence-corrected chi connectivity index (χ1v) is 13.7. The van der Waals surface area contributed by atoms with Crippen LogP contribution in [0.2, 0.25) is 0 Å². The molecular formula is C26H26N2O7S2. The minimum absolute atomic E-state index is 0.0606. The summed E-state index contributed by atoms with van der Waals surface area (Å²) in [6.45, 7) is 1.91. The van der Waals surface area contributed by atoms with Crippen LogP contribution in [0.3, 0.4) is 0 Å². The average Bonchev–Trinajstić information content (AvgIpc) is 2.92. The van der Waals surface area contributed by atoms with Crippen LogP contribution in [0.15, 0.2) is 76.5 Å². The van der Waals surface area contributed by atoms with Gasteiger partial charge in [-0.05, 0) is 79.9 Å². The predicted molar refractivity (Wildman–Crippen MR) is 142 cm³/mol. The molecular weight excluding hydrogens is 516 g/mol. The van der Waals surface area contributed by atoms with Crippen molar-refractivity contribution in [3.8, 4) is 0 Å². The van der Waals surface area contributed by atoms with Gasteiger partial charge in [-0.15, -0.1) is 11.8 Å². The highest BCUT2D eigenvalue weighted by molar-refractivity contribution is 7.98. The van der Waals surface area contributed by atoms with Gasteiger partial charge in [-0.3, -0.25) is 9.10 Å². The molecule has 0 bridgehead atoms. The third kappa shape index (κ3) is 6.30. The van der Waals surface area contributed by atoms with E-state index in [2.05, 4.69) is 5.32 Å². The van der Waals surface area contributed by atoms with E-state index in [0.717, 1.165) is 4.90 Å². The van der Waals surface area contributed by atoms with Crippen molar-refractivity contribution in [2.45, 2.75) is 16.7 Å². The van der Waals surface area contributed by atoms with Crippen LogP contribution >= 0.6 is 11.8 Å². The highest BCUT2D eigenvalue weighted by Crippen LogP contribution is 2.26. The molecule has 37 heavy (non-hydrogen) atoms. The Morgan fingerprint density at radius 1 is 0.838 bits per heavy atom. The number of thioether (sulfide) groups is 1. The lowest BCUT2D eigenvalue weighted by molar-refractivity contribution is 0.0598. The molecule has 11 heteroatoms. The Labute approximate surface area is 219 Å². The van der Waals surface area contributed by atoms with E-state index in [4.69, 9.17) is 9.47 Å². The van der Waals surface area contributed by atoms with Crippen LogP contribution in [-0.4, -0.2) is 53.3 Å². The maximum absolute atomic E-state index is 13.2. The van der Waals surface area contributed by atoms with Gasteiger partial charge in [0.15, 0.2) is 0 Å². The first kappa shape index (κ1) is 27.8. The second-order valence-corrected chi connectivity index (χ2v) is 10.4. The monoisotopic (exact) mass is 542 g/mol. The Kier molecular flexibility index (Phi) is 8.95. The number of ether oxygens (including phenoxy) is 2. The molecule has 3 rings (SSSR count). The zero-order valence-corrected chi connectivity index (χ0v) is 22.3. The molecule has 0 saturated heterocycles. The van der Waals surface area contributed by atoms with E-state index < -0.39 is 27.9 Å². The minimum atomic E-state index is -3.81. The summed E-state index contributed by atoms with van der Waals surface area (Å²) in [5.41, 5.74) is 0.943. The number of carbonyl (C=O) groups excluding carboxylic acids is 3. The highest BCUT2D eigenvalue weighted by Gasteiger charge is 2.24. The van der Waals surface area contributed by atoms with Crippen LogP contribution in [0.1, 0.15) is 38.0 Å². The van der Waals surface area contributed by atoms with Crippen molar-refractivity contribution in [3.05, 3.63) is 83.4 Å². The smallest absolute Gasteiger partial charge is 0.337 e. The molecule has 3 aromatic rings. The number of carbonyl (C=O) groups is 3. The van der Waals surface area contributed by atoms with Crippen LogP contribution in [-0.2, 0) is 19.5 Å². The summed E-state index contributed by atoms with van der Waals surface area (Å²) >= 11 is 1.52. The normalized spacial score (nSPS) is 10.9. The van der Waals surface area contributed by atoms with E-state index in [1.165, 1.54) is 72.8 Å². The molecule has 0 saturated carbocycles. The number of nitrogens with one attached hydrogen (secondary N) is 1. The number of benzene rings is 3. The molecule has 0 aliphatic carbocycles. The van der Waals surface area contributed by atoms with Gasteiger partial charge < -0.3 is 14.8 Å². The number of hydrogen-bond donors (Lipinski definition) is 1. The van der Waals surface area contributed by atoms with Crippen LogP contribution in [0.4, 0.5) is 11.4 Å². The first-order valence-electron chi connectivity index (χ1n) is 11.0. The van der Waals surface area contributed by atoms with Crippen molar-refractivity contribution in [3.63, 3.8) is 0 Å². The number of esters is 2. The van der Waals surface area contributed by atoms with Crippen molar-refractivity contribution in [2.75, 3.05) is 36.6 Å². The van der Waals surface area contributed by atoms with Gasteiger partial charge >= 0.3 is 11.9 Å². The molecule has 0 heterocycles. The van der Waals surface area contributed by atoms with Gasteiger partial charge in [-0.2, -0.15) is 0 Å². The molecule has 0 atom stereocenters. The summed E-state index contributed by atoms with van der Waals surface area (Å²) in [4.78, 5) is 38.0. The molecule has 1 N–H and O–H groups in total. The number of nitrogens with zero attached hydrogens (tertiary/aromatic N) is 1. The van der Waals surface area contributed by atoms with E-state index in [9.17, 15) is 22.8 Å². The summed E-state index contributed by atoms with van der Waals surface area (Å²) in [5, 5.41) is 2.64. The second kappa shape index (κ2) is 11.9. The Balaban J connectivity index is 1.85. The maximum atomic E-state index is 13.2. The molecule has 0 spiro atoms. The standard InChI is InChI=1S/C26H26N2O7S2/c1-5-28(37(32,33)23-12-10-22(36-4)11-13-23)21-8-6-17(7-9-21)24(29)27-20-15-18(25(30)34-2)14-19(16-20)26(31)35-3/h6-16H,5H2,1-4H3,(H,27,29). The van der Waals surface area contributed by atoms with Crippen molar-refractivity contribution in [1.82, 2.24) is 0 Å². The highest BCUT2D eigenvalue weighted by atomic mass is 32.2. The number of anilines is 2. The minimum Gasteiger partial charge on any atom is -0.465 e. The van der Waals surface area contributed by atoms with Crippen molar-refractivity contribution < 1.29 is 32.3 Å². The molecule has 0 aliphatic rings. The zero-order valence-electron chi connectivity index (χ0n) is 20.7. The Morgan fingerprint density at radius 3 is 1.84 bits per heavy atom. The number of hydrogen-bond acceptors (Lipinski definition) is 8. The van der Waals surface area contributed by atoms with Gasteiger partial charge in [0, 0.05) is 22.7 Å². The fraction of sp³-hybridized carbons (Fsp3) is 0.192. The van der Waals surface area contributed by atoms with E-state index in [1.54, 1.807) is 31.2 Å². The fourth-order valence-electron chi connectivity index (χ4n) is 3.52. The van der Waals surface area contributed by atoms with Gasteiger partial charge in [-0.1, -0.05) is 0 Å². The number of sulfonamides is 1. The summed E-state index contributed by atoms with van der Waals surface area (Å²) in [6, 6.07) is 16.7. The van der Waals surface area contributed by atoms with Crippen LogP contribution < -0.4 is 9.62 Å². The largest absolute Gasteiger partial charge is 0.465 e. The van der Waals surface area contributed by atoms with Crippen molar-refractivity contribution >= 4 is 51.0 Å². The van der Waals surface area contributed by atoms with Gasteiger partial charge in [-0.25, -0.2) is 18.0 Å². The molecule has 1 amide bonds. The fourth-order valence-corrected chi connectivity index (χ4v) is 5.40. The van der Waals surface area contributed by atoms with Gasteiger partial charge in [0.25, 0.3) is 15.9 Å². The summed E-state index contributed by atoms with van der Waals surface area (Å²) < 4.78 is 37.1. The lowest BCUT2D eigenvalue weighted by Crippen LogP contribution is -2.30. The summed E-state index contributed by atoms with van der Waals surface area (Å²) in [5.74, 6) is -1.90. The Bertz CT molecular complexity index is 1370. The molecule has 0 aliphatic heterocycles. The van der Waals surface area contributed by atoms with Crippen LogP contribution in [0.5, 0.6) is 0 Å². The van der Waals surface area contributed by atoms with Crippen LogP contribution in [0.25, 0.3) is 0 Å². The van der Waals surface area contributed by atoms with E-state index >= 15 is 0 Å². The summed E-state index contributed by atoms with van der Waals surface area (Å²) in [7, 11) is -1.40. The lowest BCUT2D eigenvalue weighted by atomic mass is 10.1. The third-order valence-corrected chi connectivity index (χ3v) is 8.05. The molecule has 0 fully saturated rings. The summed E-state index contributed by atoms with van der Waals surface area (Å²) in [6.07, 6.45) is 1.91. The molecule has 0 radical (unpaired) electrons. The lowest BCUT2D eigenvalue weighted by Gasteiger charge is -2.23. The Morgan fingerprint density at radius 2 is 1.38 bits per heavy atom. The first-order chi connectivity index (χ1) is 17.6. The average molecular weight is 543 g/mol. The van der Waals surface area contributed by atoms with Gasteiger partial charge in [0.05, 0.1) is 35.9 Å². The molecule has 0 unspecified atom stereocenters. The van der Waals surface area contributed by atoms with E-state index in [1.807, 2.05) is 6.26 Å². The molecule has 0 aromatic heterocycles. The SMILES string of the molecule is CCN(c1ccc(C(=O)Nc2cc(C(=O)OC)cc(C(=O)OC)c2)cc1)S(=O)(=O)c1ccc(SC)cc1. The zero-order chi connectivity index (χ0) is 27.2. The van der Waals surface area contributed by atoms with Crippen molar-refractivity contribution in [1.29, 1.82) is 0 Å². The maximum Gasteiger partial charge on any atom is 0.337 e. The molecule has 3 aromatic carbocycles. The quantitative estimate of drug-likeness (QED) is 0.311. The van der Waals surface area contributed by atoms with Crippen LogP contribution in [0, 0.1) is 0 Å². The predicted octanol–water partition coefficient (Wildman–Crippen LogP) is 4.45. The van der Waals surface area contributed by atoms with Crippen molar-refractivity contribution in [2.24, 2.45) is 0 Å². The van der Waals surface area contributed by atoms with E-state index in [-0.39, 0.29) is 33.8 Å². The van der Waals surface area contributed by atoms with E-state index in [0.29, 0.717) is 5.69 Å². The number of rotatable bonds is 9. The topological polar surface area (TPSA) is 119 Å². The third-order valence-electron chi connectivity index (χ3n) is 5.39.